The summed E-state index contributed by atoms with van der Waals surface area (Å²) in [7, 11) is 1.58. The van der Waals surface area contributed by atoms with E-state index in [9.17, 15) is 9.59 Å². The largest absolute Gasteiger partial charge is 0.496 e. The minimum atomic E-state index is -0.777. The Morgan fingerprint density at radius 3 is 2.57 bits per heavy atom. The number of amides is 2. The van der Waals surface area contributed by atoms with Crippen LogP contribution in [0.15, 0.2) is 30.5 Å². The van der Waals surface area contributed by atoms with Gasteiger partial charge in [0.05, 0.1) is 7.11 Å². The van der Waals surface area contributed by atoms with Crippen molar-refractivity contribution in [2.24, 2.45) is 0 Å². The molecule has 2 N–H and O–H groups in total. The maximum atomic E-state index is 12.5. The summed E-state index contributed by atoms with van der Waals surface area (Å²) in [5.74, 6) is 0.994. The third kappa shape index (κ3) is 6.91. The van der Waals surface area contributed by atoms with Gasteiger partial charge >= 0.3 is 12.1 Å². The van der Waals surface area contributed by atoms with Crippen molar-refractivity contribution in [2.45, 2.75) is 52.7 Å². The first-order valence-corrected chi connectivity index (χ1v) is 9.57. The van der Waals surface area contributed by atoms with Crippen LogP contribution in [-0.2, 0) is 9.53 Å². The lowest BCUT2D eigenvalue weighted by Crippen LogP contribution is -2.45. The summed E-state index contributed by atoms with van der Waals surface area (Å²) in [6.45, 7) is 8.95. The molecule has 1 heterocycles. The van der Waals surface area contributed by atoms with Crippen LogP contribution in [-0.4, -0.2) is 40.7 Å². The Balaban J connectivity index is 2.04. The van der Waals surface area contributed by atoms with Crippen LogP contribution < -0.4 is 20.1 Å². The Hall–Kier alpha value is -3.36. The fraction of sp³-hybridized carbons (Fsp3) is 0.429. The summed E-state index contributed by atoms with van der Waals surface area (Å²) >= 11 is 0. The van der Waals surface area contributed by atoms with E-state index in [1.165, 1.54) is 12.3 Å². The molecular weight excluding hydrogens is 388 g/mol. The average molecular weight is 416 g/mol. The van der Waals surface area contributed by atoms with Gasteiger partial charge in [0.15, 0.2) is 0 Å². The fourth-order valence-electron chi connectivity index (χ4n) is 2.44. The average Bonchev–Trinajstić information content (AvgIpc) is 2.66. The number of nitrogens with zero attached hydrogens (tertiary/aromatic N) is 2. The van der Waals surface area contributed by atoms with Crippen LogP contribution in [0.1, 0.15) is 39.7 Å². The molecular formula is C21H28N4O5. The van der Waals surface area contributed by atoms with Crippen molar-refractivity contribution in [3.8, 4) is 17.5 Å². The molecule has 2 amide bonds. The number of methoxy groups -OCH3 is 1. The molecule has 1 atom stereocenters. The van der Waals surface area contributed by atoms with Gasteiger partial charge in [0, 0.05) is 12.3 Å². The summed E-state index contributed by atoms with van der Waals surface area (Å²) in [6, 6.07) is 6.16. The summed E-state index contributed by atoms with van der Waals surface area (Å²) in [5.41, 5.74) is 0.311. The van der Waals surface area contributed by atoms with Crippen molar-refractivity contribution < 1.29 is 23.8 Å². The molecule has 2 aromatic rings. The van der Waals surface area contributed by atoms with E-state index in [1.54, 1.807) is 46.9 Å². The number of hydrogen-bond acceptors (Lipinski definition) is 7. The first-order valence-electron chi connectivity index (χ1n) is 9.57. The van der Waals surface area contributed by atoms with Crippen LogP contribution >= 0.6 is 0 Å². The quantitative estimate of drug-likeness (QED) is 0.705. The third-order valence-electron chi connectivity index (χ3n) is 3.89. The molecule has 0 aliphatic heterocycles. The molecule has 0 aliphatic rings. The van der Waals surface area contributed by atoms with Gasteiger partial charge in [0.1, 0.15) is 29.0 Å². The Labute approximate surface area is 176 Å². The van der Waals surface area contributed by atoms with E-state index in [1.807, 2.05) is 13.0 Å². The van der Waals surface area contributed by atoms with Gasteiger partial charge in [-0.3, -0.25) is 4.79 Å². The topological polar surface area (TPSA) is 112 Å². The normalized spacial score (nSPS) is 11.9. The van der Waals surface area contributed by atoms with Gasteiger partial charge in [0.2, 0.25) is 5.91 Å². The molecule has 1 aromatic carbocycles. The molecule has 9 heteroatoms. The van der Waals surface area contributed by atoms with Crippen molar-refractivity contribution in [1.29, 1.82) is 0 Å². The summed E-state index contributed by atoms with van der Waals surface area (Å²) in [4.78, 5) is 32.7. The molecule has 0 bridgehead atoms. The summed E-state index contributed by atoms with van der Waals surface area (Å²) in [5, 5.41) is 5.21. The van der Waals surface area contributed by atoms with Crippen LogP contribution in [0.25, 0.3) is 0 Å². The second-order valence-corrected chi connectivity index (χ2v) is 7.55. The van der Waals surface area contributed by atoms with Gasteiger partial charge in [-0.1, -0.05) is 13.0 Å². The van der Waals surface area contributed by atoms with Crippen molar-refractivity contribution in [1.82, 2.24) is 15.3 Å². The van der Waals surface area contributed by atoms with Gasteiger partial charge < -0.3 is 24.8 Å². The fourth-order valence-corrected chi connectivity index (χ4v) is 2.44. The molecule has 0 saturated carbocycles. The van der Waals surface area contributed by atoms with Crippen LogP contribution in [0.4, 0.5) is 10.6 Å². The molecule has 0 aliphatic carbocycles. The predicted molar refractivity (Wildman–Crippen MR) is 112 cm³/mol. The predicted octanol–water partition coefficient (Wildman–Crippen LogP) is 3.83. The van der Waals surface area contributed by atoms with Crippen LogP contribution in [0.2, 0.25) is 0 Å². The molecule has 0 unspecified atom stereocenters. The van der Waals surface area contributed by atoms with Gasteiger partial charge in [-0.15, -0.1) is 0 Å². The molecule has 0 fully saturated rings. The third-order valence-corrected chi connectivity index (χ3v) is 3.89. The van der Waals surface area contributed by atoms with E-state index in [4.69, 9.17) is 14.2 Å². The van der Waals surface area contributed by atoms with Gasteiger partial charge in [-0.2, -0.15) is 4.98 Å². The number of carbonyl (C=O) groups is 2. The molecule has 0 saturated heterocycles. The smallest absolute Gasteiger partial charge is 0.408 e. The number of nitrogens with one attached hydrogen (secondary N) is 2. The number of anilines is 1. The Kier molecular flexibility index (Phi) is 7.57. The number of carbonyl (C=O) groups excluding carboxylic acids is 2. The second-order valence-electron chi connectivity index (χ2n) is 7.55. The number of alkyl carbamates (subject to hydrolysis) is 1. The first-order chi connectivity index (χ1) is 14.1. The number of ether oxygens (including phenoxy) is 3. The second kappa shape index (κ2) is 9.91. The molecule has 1 aromatic heterocycles. The number of benzene rings is 1. The lowest BCUT2D eigenvalue weighted by atomic mass is 10.2. The number of aromatic nitrogens is 2. The lowest BCUT2D eigenvalue weighted by Gasteiger charge is -2.22. The van der Waals surface area contributed by atoms with E-state index in [2.05, 4.69) is 20.6 Å². The van der Waals surface area contributed by atoms with Gasteiger partial charge in [-0.05, 0) is 51.8 Å². The SMILES string of the molecule is CC[C@@H](NC(=O)OC(C)(C)C)C(=O)Nc1ccnc(Oc2ccc(C)c(OC)c2)n1. The standard InChI is InChI=1S/C21H28N4O5/c1-7-15(23-20(27)30-21(3,4)5)18(26)24-17-10-11-22-19(25-17)29-14-9-8-13(2)16(12-14)28-6/h8-12,15H,7H2,1-6H3,(H,23,27)(H,22,24,25,26)/t15-/m1/s1. The molecule has 0 radical (unpaired) electrons. The van der Waals surface area contributed by atoms with E-state index in [0.29, 0.717) is 17.9 Å². The Morgan fingerprint density at radius 2 is 1.93 bits per heavy atom. The highest BCUT2D eigenvalue weighted by atomic mass is 16.6. The highest BCUT2D eigenvalue weighted by Gasteiger charge is 2.23. The monoisotopic (exact) mass is 416 g/mol. The zero-order valence-electron chi connectivity index (χ0n) is 18.1. The maximum absolute atomic E-state index is 12.5. The van der Waals surface area contributed by atoms with Crippen molar-refractivity contribution in [3.63, 3.8) is 0 Å². The molecule has 162 valence electrons. The van der Waals surface area contributed by atoms with Crippen LogP contribution in [0.5, 0.6) is 17.5 Å². The molecule has 2 rings (SSSR count). The Morgan fingerprint density at radius 1 is 1.20 bits per heavy atom. The molecule has 0 spiro atoms. The highest BCUT2D eigenvalue weighted by Crippen LogP contribution is 2.26. The number of aryl methyl sites for hydroxylation is 1. The summed E-state index contributed by atoms with van der Waals surface area (Å²) < 4.78 is 16.1. The van der Waals surface area contributed by atoms with Gasteiger partial charge in [-0.25, -0.2) is 9.78 Å². The number of rotatable bonds is 7. The van der Waals surface area contributed by atoms with E-state index >= 15 is 0 Å². The summed E-state index contributed by atoms with van der Waals surface area (Å²) in [6.07, 6.45) is 1.18. The first kappa shape index (κ1) is 22.9. The zero-order chi connectivity index (χ0) is 22.3. The van der Waals surface area contributed by atoms with Crippen LogP contribution in [0, 0.1) is 6.92 Å². The molecule has 9 nitrogen and oxygen atoms in total. The van der Waals surface area contributed by atoms with Crippen molar-refractivity contribution in [3.05, 3.63) is 36.0 Å². The minimum Gasteiger partial charge on any atom is -0.496 e. The van der Waals surface area contributed by atoms with Crippen molar-refractivity contribution >= 4 is 17.8 Å². The highest BCUT2D eigenvalue weighted by molar-refractivity contribution is 5.95. The maximum Gasteiger partial charge on any atom is 0.408 e. The van der Waals surface area contributed by atoms with E-state index in [0.717, 1.165) is 5.56 Å². The van der Waals surface area contributed by atoms with Crippen molar-refractivity contribution in [2.75, 3.05) is 12.4 Å². The lowest BCUT2D eigenvalue weighted by molar-refractivity contribution is -0.118. The van der Waals surface area contributed by atoms with Gasteiger partial charge in [0.25, 0.3) is 0 Å². The minimum absolute atomic E-state index is 0.0619. The van der Waals surface area contributed by atoms with Crippen LogP contribution in [0.3, 0.4) is 0 Å². The molecule has 30 heavy (non-hydrogen) atoms. The number of hydrogen-bond donors (Lipinski definition) is 2. The van der Waals surface area contributed by atoms with E-state index in [-0.39, 0.29) is 11.8 Å². The Bertz CT molecular complexity index is 895. The van der Waals surface area contributed by atoms with E-state index < -0.39 is 23.6 Å². The zero-order valence-corrected chi connectivity index (χ0v) is 18.1.